The minimum absolute atomic E-state index is 0.111. The third-order valence-electron chi connectivity index (χ3n) is 6.78. The number of ether oxygens (including phenoxy) is 1. The second kappa shape index (κ2) is 9.49. The molecule has 0 N–H and O–H groups in total. The molecule has 166 valence electrons. The average Bonchev–Trinajstić information content (AvgIpc) is 3.25. The van der Waals surface area contributed by atoms with E-state index in [-0.39, 0.29) is 23.1 Å². The normalized spacial score (nSPS) is 21.4. The van der Waals surface area contributed by atoms with Crippen molar-refractivity contribution in [3.63, 3.8) is 0 Å². The maximum Gasteiger partial charge on any atom is 0.227 e. The third-order valence-corrected chi connectivity index (χ3v) is 7.55. The summed E-state index contributed by atoms with van der Waals surface area (Å²) in [5.41, 5.74) is 2.26. The van der Waals surface area contributed by atoms with Crippen molar-refractivity contribution in [1.29, 1.82) is 0 Å². The molecule has 2 aliphatic heterocycles. The van der Waals surface area contributed by atoms with Gasteiger partial charge in [-0.3, -0.25) is 9.59 Å². The number of aromatic nitrogens is 1. The molecule has 1 aromatic heterocycles. The summed E-state index contributed by atoms with van der Waals surface area (Å²) in [4.78, 5) is 34.1. The number of likely N-dealkylation sites (tertiary alicyclic amines) is 2. The second-order valence-corrected chi connectivity index (χ2v) is 9.66. The van der Waals surface area contributed by atoms with Crippen molar-refractivity contribution in [3.05, 3.63) is 52.0 Å². The number of methoxy groups -OCH3 is 1. The molecule has 2 aliphatic rings. The van der Waals surface area contributed by atoms with Crippen molar-refractivity contribution < 1.29 is 14.3 Å². The molecule has 1 atom stereocenters. The van der Waals surface area contributed by atoms with Gasteiger partial charge in [0.25, 0.3) is 0 Å². The Bertz CT molecular complexity index is 906. The smallest absolute Gasteiger partial charge is 0.227 e. The summed E-state index contributed by atoms with van der Waals surface area (Å²) < 4.78 is 5.12. The molecule has 0 saturated carbocycles. The minimum Gasteiger partial charge on any atom is -0.383 e. The van der Waals surface area contributed by atoms with Crippen LogP contribution in [0.25, 0.3) is 0 Å². The Morgan fingerprint density at radius 2 is 2.00 bits per heavy atom. The highest BCUT2D eigenvalue weighted by atomic mass is 32.1. The van der Waals surface area contributed by atoms with Gasteiger partial charge in [0.1, 0.15) is 0 Å². The quantitative estimate of drug-likeness (QED) is 0.690. The van der Waals surface area contributed by atoms with E-state index in [2.05, 4.69) is 29.6 Å². The van der Waals surface area contributed by atoms with E-state index >= 15 is 0 Å². The summed E-state index contributed by atoms with van der Waals surface area (Å²) in [6, 6.07) is 10.6. The lowest BCUT2D eigenvalue weighted by molar-refractivity contribution is -0.144. The van der Waals surface area contributed by atoms with E-state index in [1.165, 1.54) is 5.56 Å². The number of hydrogen-bond acceptors (Lipinski definition) is 5. The van der Waals surface area contributed by atoms with E-state index < -0.39 is 0 Å². The van der Waals surface area contributed by atoms with Crippen LogP contribution in [-0.2, 0) is 19.7 Å². The molecule has 1 unspecified atom stereocenters. The summed E-state index contributed by atoms with van der Waals surface area (Å²) in [6.45, 7) is 5.04. The van der Waals surface area contributed by atoms with Crippen molar-refractivity contribution in [2.45, 2.75) is 38.0 Å². The van der Waals surface area contributed by atoms with Gasteiger partial charge in [0.15, 0.2) is 0 Å². The SMILES string of the molecule is COCCN1CC(C(=O)N2CCC(c3ccccc3)(c3csc(C)n3)CC2)CCC1=O. The van der Waals surface area contributed by atoms with Crippen LogP contribution in [0.1, 0.15) is 41.9 Å². The first-order chi connectivity index (χ1) is 15.0. The maximum absolute atomic E-state index is 13.3. The van der Waals surface area contributed by atoms with Crippen LogP contribution in [0, 0.1) is 12.8 Å². The van der Waals surface area contributed by atoms with Gasteiger partial charge in [0, 0.05) is 50.5 Å². The van der Waals surface area contributed by atoms with Crippen molar-refractivity contribution in [1.82, 2.24) is 14.8 Å². The lowest BCUT2D eigenvalue weighted by Crippen LogP contribution is -2.51. The van der Waals surface area contributed by atoms with Gasteiger partial charge >= 0.3 is 0 Å². The number of benzene rings is 1. The summed E-state index contributed by atoms with van der Waals surface area (Å²) in [7, 11) is 1.63. The molecule has 1 aromatic carbocycles. The van der Waals surface area contributed by atoms with E-state index in [4.69, 9.17) is 9.72 Å². The zero-order chi connectivity index (χ0) is 21.8. The zero-order valence-corrected chi connectivity index (χ0v) is 19.2. The fourth-order valence-corrected chi connectivity index (χ4v) is 5.65. The Morgan fingerprint density at radius 3 is 2.65 bits per heavy atom. The highest BCUT2D eigenvalue weighted by Gasteiger charge is 2.42. The molecule has 7 heteroatoms. The number of nitrogens with zero attached hydrogens (tertiary/aromatic N) is 3. The summed E-state index contributed by atoms with van der Waals surface area (Å²) in [6.07, 6.45) is 2.82. The predicted octanol–water partition coefficient (Wildman–Crippen LogP) is 3.25. The van der Waals surface area contributed by atoms with E-state index in [1.54, 1.807) is 23.3 Å². The predicted molar refractivity (Wildman–Crippen MR) is 121 cm³/mol. The number of piperidine rings is 2. The third kappa shape index (κ3) is 4.53. The summed E-state index contributed by atoms with van der Waals surface area (Å²) in [5.74, 6) is 0.202. The molecule has 0 radical (unpaired) electrons. The van der Waals surface area contributed by atoms with E-state index in [0.29, 0.717) is 45.6 Å². The molecule has 4 rings (SSSR count). The van der Waals surface area contributed by atoms with Gasteiger partial charge in [-0.05, 0) is 31.7 Å². The van der Waals surface area contributed by atoms with Gasteiger partial charge in [0.05, 0.1) is 23.2 Å². The maximum atomic E-state index is 13.3. The fraction of sp³-hybridized carbons (Fsp3) is 0.542. The second-order valence-electron chi connectivity index (χ2n) is 8.59. The Morgan fingerprint density at radius 1 is 1.26 bits per heavy atom. The first-order valence-corrected chi connectivity index (χ1v) is 11.9. The largest absolute Gasteiger partial charge is 0.383 e. The molecule has 2 aromatic rings. The van der Waals surface area contributed by atoms with Crippen molar-refractivity contribution in [2.24, 2.45) is 5.92 Å². The first kappa shape index (κ1) is 22.0. The van der Waals surface area contributed by atoms with Gasteiger partial charge in [-0.1, -0.05) is 30.3 Å². The number of hydrogen-bond donors (Lipinski definition) is 0. The molecular formula is C24H31N3O3S. The molecule has 2 saturated heterocycles. The standard InChI is InChI=1S/C24H31N3O3S/c1-18-25-21(17-31-18)24(20-6-4-3-5-7-20)10-12-26(13-11-24)23(29)19-8-9-22(28)27(16-19)14-15-30-2/h3-7,17,19H,8-16H2,1-2H3. The molecule has 2 fully saturated rings. The topological polar surface area (TPSA) is 62.7 Å². The van der Waals surface area contributed by atoms with Crippen LogP contribution < -0.4 is 0 Å². The molecule has 3 heterocycles. The molecular weight excluding hydrogens is 410 g/mol. The van der Waals surface area contributed by atoms with Crippen LogP contribution in [-0.4, -0.2) is 66.5 Å². The molecule has 0 bridgehead atoms. The van der Waals surface area contributed by atoms with Gasteiger partial charge in [-0.15, -0.1) is 11.3 Å². The Labute approximate surface area is 188 Å². The first-order valence-electron chi connectivity index (χ1n) is 11.1. The van der Waals surface area contributed by atoms with Crippen molar-refractivity contribution in [2.75, 3.05) is 39.9 Å². The Balaban J connectivity index is 1.47. The lowest BCUT2D eigenvalue weighted by Gasteiger charge is -2.43. The number of carbonyl (C=O) groups is 2. The highest BCUT2D eigenvalue weighted by molar-refractivity contribution is 7.09. The Kier molecular flexibility index (Phi) is 6.72. The number of carbonyl (C=O) groups excluding carboxylic acids is 2. The van der Waals surface area contributed by atoms with Crippen LogP contribution in [0.15, 0.2) is 35.7 Å². The van der Waals surface area contributed by atoms with E-state index in [9.17, 15) is 9.59 Å². The number of amides is 2. The minimum atomic E-state index is -0.143. The van der Waals surface area contributed by atoms with E-state index in [1.807, 2.05) is 17.9 Å². The van der Waals surface area contributed by atoms with Gasteiger partial charge in [-0.2, -0.15) is 0 Å². The zero-order valence-electron chi connectivity index (χ0n) is 18.4. The van der Waals surface area contributed by atoms with Crippen LogP contribution >= 0.6 is 11.3 Å². The fourth-order valence-electron chi connectivity index (χ4n) is 4.93. The number of thiazole rings is 1. The van der Waals surface area contributed by atoms with Gasteiger partial charge in [-0.25, -0.2) is 4.98 Å². The van der Waals surface area contributed by atoms with Crippen LogP contribution in [0.3, 0.4) is 0 Å². The van der Waals surface area contributed by atoms with Gasteiger partial charge in [0.2, 0.25) is 11.8 Å². The van der Waals surface area contributed by atoms with Crippen LogP contribution in [0.2, 0.25) is 0 Å². The summed E-state index contributed by atoms with van der Waals surface area (Å²) >= 11 is 1.69. The molecule has 31 heavy (non-hydrogen) atoms. The molecule has 6 nitrogen and oxygen atoms in total. The van der Waals surface area contributed by atoms with Gasteiger partial charge < -0.3 is 14.5 Å². The number of aryl methyl sites for hydroxylation is 1. The molecule has 0 aliphatic carbocycles. The lowest BCUT2D eigenvalue weighted by atomic mass is 9.70. The number of rotatable bonds is 6. The van der Waals surface area contributed by atoms with Crippen molar-refractivity contribution in [3.8, 4) is 0 Å². The Hall–Kier alpha value is -2.25. The highest BCUT2D eigenvalue weighted by Crippen LogP contribution is 2.42. The monoisotopic (exact) mass is 441 g/mol. The van der Waals surface area contributed by atoms with Crippen molar-refractivity contribution >= 4 is 23.2 Å². The van der Waals surface area contributed by atoms with E-state index in [0.717, 1.165) is 23.5 Å². The average molecular weight is 442 g/mol. The molecule has 0 spiro atoms. The summed E-state index contributed by atoms with van der Waals surface area (Å²) in [5, 5.41) is 3.26. The van der Waals surface area contributed by atoms with Crippen LogP contribution in [0.5, 0.6) is 0 Å². The molecule has 2 amide bonds. The van der Waals surface area contributed by atoms with Crippen LogP contribution in [0.4, 0.5) is 0 Å².